The molecule has 0 N–H and O–H groups in total. The molecule has 102 valence electrons. The van der Waals surface area contributed by atoms with Gasteiger partial charge in [-0.1, -0.05) is 6.07 Å². The summed E-state index contributed by atoms with van der Waals surface area (Å²) in [6.07, 6.45) is 3.60. The number of pyridine rings is 1. The smallest absolute Gasteiger partial charge is 0.231 e. The molecule has 3 heterocycles. The van der Waals surface area contributed by atoms with Gasteiger partial charge in [-0.05, 0) is 37.8 Å². The van der Waals surface area contributed by atoms with Gasteiger partial charge in [-0.3, -0.25) is 9.69 Å². The van der Waals surface area contributed by atoms with Gasteiger partial charge >= 0.3 is 0 Å². The van der Waals surface area contributed by atoms with Crippen molar-refractivity contribution in [1.82, 2.24) is 4.98 Å². The van der Waals surface area contributed by atoms with Crippen molar-refractivity contribution >= 4 is 11.7 Å². The van der Waals surface area contributed by atoms with Crippen molar-refractivity contribution in [3.63, 3.8) is 0 Å². The van der Waals surface area contributed by atoms with E-state index < -0.39 is 0 Å². The molecule has 1 fully saturated rings. The normalized spacial score (nSPS) is 26.6. The van der Waals surface area contributed by atoms with Crippen LogP contribution in [-0.4, -0.2) is 30.6 Å². The summed E-state index contributed by atoms with van der Waals surface area (Å²) in [6, 6.07) is 2.19. The third-order valence-corrected chi connectivity index (χ3v) is 4.22. The Morgan fingerprint density at radius 2 is 2.11 bits per heavy atom. The third-order valence-electron chi connectivity index (χ3n) is 4.22. The number of fused-ring (bicyclic) bond motifs is 3. The maximum absolute atomic E-state index is 12.6. The monoisotopic (exact) mass is 260 g/mol. The second kappa shape index (κ2) is 4.93. The molecule has 2 aliphatic rings. The second-order valence-corrected chi connectivity index (χ2v) is 5.41. The van der Waals surface area contributed by atoms with Crippen molar-refractivity contribution in [3.8, 4) is 0 Å². The minimum absolute atomic E-state index is 0.0681. The summed E-state index contributed by atoms with van der Waals surface area (Å²) >= 11 is 0. The van der Waals surface area contributed by atoms with Crippen LogP contribution in [0, 0.1) is 12.8 Å². The summed E-state index contributed by atoms with van der Waals surface area (Å²) in [7, 11) is 0. The lowest BCUT2D eigenvalue weighted by Gasteiger charge is -2.37. The molecule has 19 heavy (non-hydrogen) atoms. The van der Waals surface area contributed by atoms with Crippen LogP contribution in [0.5, 0.6) is 0 Å². The molecule has 3 rings (SSSR count). The van der Waals surface area contributed by atoms with E-state index in [4.69, 9.17) is 4.74 Å². The van der Waals surface area contributed by atoms with Crippen molar-refractivity contribution in [2.24, 2.45) is 5.92 Å². The molecule has 0 spiro atoms. The zero-order valence-corrected chi connectivity index (χ0v) is 11.6. The van der Waals surface area contributed by atoms with Gasteiger partial charge in [-0.2, -0.15) is 0 Å². The Hall–Kier alpha value is -1.42. The van der Waals surface area contributed by atoms with Crippen LogP contribution in [0.1, 0.15) is 36.8 Å². The second-order valence-electron chi connectivity index (χ2n) is 5.41. The average Bonchev–Trinajstić information content (AvgIpc) is 2.66. The summed E-state index contributed by atoms with van der Waals surface area (Å²) in [6.45, 7) is 6.19. The lowest BCUT2D eigenvalue weighted by Crippen LogP contribution is -2.44. The Bertz CT molecular complexity index is 501. The van der Waals surface area contributed by atoms with E-state index in [0.717, 1.165) is 30.8 Å². The minimum atomic E-state index is 0.0681. The fourth-order valence-corrected chi connectivity index (χ4v) is 3.29. The fraction of sp³-hybridized carbons (Fsp3) is 0.600. The molecule has 0 aliphatic carbocycles. The number of hydrogen-bond acceptors (Lipinski definition) is 3. The van der Waals surface area contributed by atoms with Crippen LogP contribution in [0.15, 0.2) is 12.3 Å². The molecule has 2 unspecified atom stereocenters. The minimum Gasteiger partial charge on any atom is -0.381 e. The number of amides is 1. The quantitative estimate of drug-likeness (QED) is 0.778. The number of carbonyl (C=O) groups is 1. The zero-order valence-electron chi connectivity index (χ0n) is 11.6. The lowest BCUT2D eigenvalue weighted by molar-refractivity contribution is -0.123. The average molecular weight is 260 g/mol. The molecular formula is C15H20N2O2. The summed E-state index contributed by atoms with van der Waals surface area (Å²) in [5.41, 5.74) is 2.39. The molecule has 0 aromatic carbocycles. The molecule has 0 radical (unpaired) electrons. The van der Waals surface area contributed by atoms with Gasteiger partial charge in [0.2, 0.25) is 5.91 Å². The first-order valence-corrected chi connectivity index (χ1v) is 7.08. The molecule has 1 amide bonds. The molecule has 1 saturated heterocycles. The van der Waals surface area contributed by atoms with E-state index in [1.807, 2.05) is 18.0 Å². The Morgan fingerprint density at radius 1 is 1.37 bits per heavy atom. The SMILES string of the molecule is CCN1C(=O)C2CCOCCC2c2cc(C)cnc21. The lowest BCUT2D eigenvalue weighted by atomic mass is 9.78. The van der Waals surface area contributed by atoms with Gasteiger partial charge in [0.15, 0.2) is 0 Å². The van der Waals surface area contributed by atoms with Gasteiger partial charge in [0.25, 0.3) is 0 Å². The van der Waals surface area contributed by atoms with E-state index in [-0.39, 0.29) is 17.7 Å². The van der Waals surface area contributed by atoms with E-state index in [1.165, 1.54) is 5.56 Å². The highest BCUT2D eigenvalue weighted by atomic mass is 16.5. The van der Waals surface area contributed by atoms with Crippen LogP contribution in [0.4, 0.5) is 5.82 Å². The highest BCUT2D eigenvalue weighted by Gasteiger charge is 2.41. The molecule has 1 aromatic rings. The number of aromatic nitrogens is 1. The molecule has 4 heteroatoms. The Kier molecular flexibility index (Phi) is 3.27. The maximum Gasteiger partial charge on any atom is 0.231 e. The molecule has 1 aromatic heterocycles. The van der Waals surface area contributed by atoms with Gasteiger partial charge < -0.3 is 4.74 Å². The summed E-state index contributed by atoms with van der Waals surface area (Å²) < 4.78 is 5.56. The largest absolute Gasteiger partial charge is 0.381 e. The third kappa shape index (κ3) is 2.04. The first-order valence-electron chi connectivity index (χ1n) is 7.08. The predicted octanol–water partition coefficient (Wildman–Crippen LogP) is 2.27. The van der Waals surface area contributed by atoms with Crippen LogP contribution in [-0.2, 0) is 9.53 Å². The topological polar surface area (TPSA) is 42.4 Å². The van der Waals surface area contributed by atoms with Crippen LogP contribution in [0.2, 0.25) is 0 Å². The van der Waals surface area contributed by atoms with Gasteiger partial charge in [-0.15, -0.1) is 0 Å². The molecule has 4 nitrogen and oxygen atoms in total. The Labute approximate surface area is 113 Å². The van der Waals surface area contributed by atoms with Crippen molar-refractivity contribution in [1.29, 1.82) is 0 Å². The predicted molar refractivity (Wildman–Crippen MR) is 73.3 cm³/mol. The van der Waals surface area contributed by atoms with Crippen molar-refractivity contribution in [2.45, 2.75) is 32.6 Å². The van der Waals surface area contributed by atoms with Crippen LogP contribution in [0.3, 0.4) is 0 Å². The van der Waals surface area contributed by atoms with Crippen molar-refractivity contribution < 1.29 is 9.53 Å². The van der Waals surface area contributed by atoms with E-state index in [2.05, 4.69) is 18.0 Å². The fourth-order valence-electron chi connectivity index (χ4n) is 3.29. The first kappa shape index (κ1) is 12.6. The Balaban J connectivity index is 2.11. The van der Waals surface area contributed by atoms with Gasteiger partial charge in [0.05, 0.1) is 0 Å². The molecular weight excluding hydrogens is 240 g/mol. The van der Waals surface area contributed by atoms with Crippen molar-refractivity contribution in [2.75, 3.05) is 24.7 Å². The highest BCUT2D eigenvalue weighted by molar-refractivity contribution is 5.97. The van der Waals surface area contributed by atoms with Gasteiger partial charge in [-0.25, -0.2) is 4.98 Å². The summed E-state index contributed by atoms with van der Waals surface area (Å²) in [4.78, 5) is 19.0. The maximum atomic E-state index is 12.6. The van der Waals surface area contributed by atoms with Crippen LogP contribution >= 0.6 is 0 Å². The first-order chi connectivity index (χ1) is 9.22. The standard InChI is InChI=1S/C15H20N2O2/c1-3-17-14-13(8-10(2)9-16-14)11-4-6-19-7-5-12(11)15(17)18/h8-9,11-12H,3-7H2,1-2H3. The van der Waals surface area contributed by atoms with Gasteiger partial charge in [0.1, 0.15) is 5.82 Å². The van der Waals surface area contributed by atoms with E-state index in [0.29, 0.717) is 13.2 Å². The number of ether oxygens (including phenoxy) is 1. The van der Waals surface area contributed by atoms with E-state index in [1.54, 1.807) is 0 Å². The highest BCUT2D eigenvalue weighted by Crippen LogP contribution is 2.42. The van der Waals surface area contributed by atoms with Crippen LogP contribution < -0.4 is 4.90 Å². The number of carbonyl (C=O) groups excluding carboxylic acids is 1. The summed E-state index contributed by atoms with van der Waals surface area (Å²) in [5, 5.41) is 0. The molecule has 2 aliphatic heterocycles. The molecule has 2 atom stereocenters. The zero-order chi connectivity index (χ0) is 13.4. The van der Waals surface area contributed by atoms with Crippen molar-refractivity contribution in [3.05, 3.63) is 23.4 Å². The summed E-state index contributed by atoms with van der Waals surface area (Å²) in [5.74, 6) is 1.43. The number of aryl methyl sites for hydroxylation is 1. The number of nitrogens with zero attached hydrogens (tertiary/aromatic N) is 2. The van der Waals surface area contributed by atoms with E-state index >= 15 is 0 Å². The van der Waals surface area contributed by atoms with Crippen LogP contribution in [0.25, 0.3) is 0 Å². The molecule has 0 bridgehead atoms. The number of hydrogen-bond donors (Lipinski definition) is 0. The van der Waals surface area contributed by atoms with Gasteiger partial charge in [0, 0.05) is 37.8 Å². The number of rotatable bonds is 1. The molecule has 0 saturated carbocycles. The van der Waals surface area contributed by atoms with E-state index in [9.17, 15) is 4.79 Å². The number of anilines is 1. The Morgan fingerprint density at radius 3 is 2.84 bits per heavy atom.